The van der Waals surface area contributed by atoms with Gasteiger partial charge in [0.2, 0.25) is 5.91 Å². The first-order valence-corrected chi connectivity index (χ1v) is 7.34. The summed E-state index contributed by atoms with van der Waals surface area (Å²) in [5.41, 5.74) is 0.929. The van der Waals surface area contributed by atoms with E-state index >= 15 is 0 Å². The van der Waals surface area contributed by atoms with E-state index in [-0.39, 0.29) is 23.3 Å². The monoisotopic (exact) mass is 325 g/mol. The summed E-state index contributed by atoms with van der Waals surface area (Å²) in [7, 11) is 0. The van der Waals surface area contributed by atoms with Gasteiger partial charge in [0.1, 0.15) is 0 Å². The molecule has 1 aromatic carbocycles. The summed E-state index contributed by atoms with van der Waals surface area (Å²) < 4.78 is 0.972. The second-order valence-electron chi connectivity index (χ2n) is 6.04. The van der Waals surface area contributed by atoms with Crippen molar-refractivity contribution in [3.05, 3.63) is 34.3 Å². The van der Waals surface area contributed by atoms with E-state index in [1.165, 1.54) is 0 Å². The van der Waals surface area contributed by atoms with Crippen molar-refractivity contribution in [1.82, 2.24) is 5.32 Å². The lowest BCUT2D eigenvalue weighted by molar-refractivity contribution is -0.124. The van der Waals surface area contributed by atoms with Crippen LogP contribution in [0.25, 0.3) is 0 Å². The average molecular weight is 326 g/mol. The van der Waals surface area contributed by atoms with E-state index in [1.54, 1.807) is 0 Å². The number of aliphatic hydroxyl groups is 1. The van der Waals surface area contributed by atoms with E-state index < -0.39 is 6.10 Å². The number of carbonyl (C=O) groups excluding carboxylic acids is 1. The summed E-state index contributed by atoms with van der Waals surface area (Å²) in [5, 5.41) is 13.1. The summed E-state index contributed by atoms with van der Waals surface area (Å²) in [6.45, 7) is 6.01. The first-order valence-electron chi connectivity index (χ1n) is 6.55. The molecule has 0 spiro atoms. The lowest BCUT2D eigenvalue weighted by Crippen LogP contribution is -2.38. The highest BCUT2D eigenvalue weighted by Crippen LogP contribution is 2.51. The Morgan fingerprint density at radius 2 is 1.95 bits per heavy atom. The number of nitrogens with one attached hydrogen (secondary N) is 1. The Bertz CT molecular complexity index is 470. The molecule has 3 atom stereocenters. The van der Waals surface area contributed by atoms with Crippen LogP contribution in [0.1, 0.15) is 38.9 Å². The lowest BCUT2D eigenvalue weighted by atomic mass is 10.0. The van der Waals surface area contributed by atoms with Crippen LogP contribution in [-0.2, 0) is 4.79 Å². The van der Waals surface area contributed by atoms with Gasteiger partial charge in [-0.05, 0) is 36.5 Å². The van der Waals surface area contributed by atoms with Crippen LogP contribution < -0.4 is 5.32 Å². The Hall–Kier alpha value is -0.870. The molecule has 19 heavy (non-hydrogen) atoms. The van der Waals surface area contributed by atoms with Crippen LogP contribution in [0.4, 0.5) is 0 Å². The van der Waals surface area contributed by atoms with Crippen LogP contribution in [0.3, 0.4) is 0 Å². The third-order valence-corrected chi connectivity index (χ3v) is 4.41. The fraction of sp³-hybridized carbons (Fsp3) is 0.533. The van der Waals surface area contributed by atoms with Gasteiger partial charge < -0.3 is 10.4 Å². The molecule has 2 rings (SSSR count). The molecular formula is C15H20BrNO2. The molecule has 2 unspecified atom stereocenters. The number of hydrogen-bond donors (Lipinski definition) is 2. The SMILES string of the molecule is CC(NC(=O)[C@H]1CC1(C)C)C(O)c1ccc(Br)cc1. The maximum absolute atomic E-state index is 12.0. The van der Waals surface area contributed by atoms with Crippen molar-refractivity contribution < 1.29 is 9.90 Å². The molecule has 0 aliphatic heterocycles. The molecule has 0 radical (unpaired) electrons. The van der Waals surface area contributed by atoms with E-state index in [4.69, 9.17) is 0 Å². The van der Waals surface area contributed by atoms with Gasteiger partial charge in [-0.25, -0.2) is 0 Å². The third-order valence-electron chi connectivity index (χ3n) is 3.88. The van der Waals surface area contributed by atoms with Crippen LogP contribution in [0.15, 0.2) is 28.7 Å². The quantitative estimate of drug-likeness (QED) is 0.893. The largest absolute Gasteiger partial charge is 0.386 e. The molecule has 1 fully saturated rings. The van der Waals surface area contributed by atoms with Crippen LogP contribution in [0, 0.1) is 11.3 Å². The molecule has 1 saturated carbocycles. The minimum absolute atomic E-state index is 0.0497. The van der Waals surface area contributed by atoms with Crippen LogP contribution in [0.5, 0.6) is 0 Å². The predicted octanol–water partition coefficient (Wildman–Crippen LogP) is 3.03. The topological polar surface area (TPSA) is 49.3 Å². The van der Waals surface area contributed by atoms with Gasteiger partial charge in [0, 0.05) is 10.4 Å². The van der Waals surface area contributed by atoms with Crippen LogP contribution in [0.2, 0.25) is 0 Å². The third kappa shape index (κ3) is 3.37. The van der Waals surface area contributed by atoms with Crippen LogP contribution in [-0.4, -0.2) is 17.1 Å². The summed E-state index contributed by atoms with van der Waals surface area (Å²) >= 11 is 3.36. The number of amides is 1. The first kappa shape index (κ1) is 14.5. The van der Waals surface area contributed by atoms with Crippen molar-refractivity contribution >= 4 is 21.8 Å². The zero-order chi connectivity index (χ0) is 14.2. The summed E-state index contributed by atoms with van der Waals surface area (Å²) in [4.78, 5) is 12.0. The molecule has 0 aromatic heterocycles. The van der Waals surface area contributed by atoms with Gasteiger partial charge in [-0.1, -0.05) is 41.9 Å². The van der Waals surface area contributed by atoms with Gasteiger partial charge in [-0.15, -0.1) is 0 Å². The molecule has 0 bridgehead atoms. The average Bonchev–Trinajstić information content (AvgIpc) is 2.98. The molecule has 0 heterocycles. The Kier molecular flexibility index (Phi) is 4.02. The number of rotatable bonds is 4. The minimum atomic E-state index is -0.682. The zero-order valence-electron chi connectivity index (χ0n) is 11.5. The second-order valence-corrected chi connectivity index (χ2v) is 6.95. The second kappa shape index (κ2) is 5.25. The van der Waals surface area contributed by atoms with Gasteiger partial charge in [-0.3, -0.25) is 4.79 Å². The molecule has 3 nitrogen and oxygen atoms in total. The molecule has 4 heteroatoms. The van der Waals surface area contributed by atoms with Gasteiger partial charge >= 0.3 is 0 Å². The highest BCUT2D eigenvalue weighted by atomic mass is 79.9. The summed E-state index contributed by atoms with van der Waals surface area (Å²) in [6, 6.07) is 7.20. The number of carbonyl (C=O) groups is 1. The number of aliphatic hydroxyl groups excluding tert-OH is 1. The normalized spacial score (nSPS) is 23.5. The Morgan fingerprint density at radius 3 is 2.42 bits per heavy atom. The maximum atomic E-state index is 12.0. The zero-order valence-corrected chi connectivity index (χ0v) is 13.1. The smallest absolute Gasteiger partial charge is 0.223 e. The molecule has 1 aromatic rings. The highest BCUT2D eigenvalue weighted by molar-refractivity contribution is 9.10. The van der Waals surface area contributed by atoms with Gasteiger partial charge in [-0.2, -0.15) is 0 Å². The van der Waals surface area contributed by atoms with E-state index in [0.717, 1.165) is 16.5 Å². The van der Waals surface area contributed by atoms with Crippen molar-refractivity contribution in [3.8, 4) is 0 Å². The van der Waals surface area contributed by atoms with E-state index in [0.29, 0.717) is 0 Å². The van der Waals surface area contributed by atoms with Crippen molar-refractivity contribution in [2.45, 2.75) is 39.3 Å². The predicted molar refractivity (Wildman–Crippen MR) is 78.6 cm³/mol. The lowest BCUT2D eigenvalue weighted by Gasteiger charge is -2.21. The Labute approximate surface area is 122 Å². The van der Waals surface area contributed by atoms with E-state index in [1.807, 2.05) is 31.2 Å². The molecular weight excluding hydrogens is 306 g/mol. The Balaban J connectivity index is 1.94. The fourth-order valence-electron chi connectivity index (χ4n) is 2.27. The van der Waals surface area contributed by atoms with Gasteiger partial charge in [0.05, 0.1) is 12.1 Å². The molecule has 1 amide bonds. The summed E-state index contributed by atoms with van der Waals surface area (Å²) in [6.07, 6.45) is 0.249. The first-order chi connectivity index (χ1) is 8.81. The molecule has 1 aliphatic rings. The number of hydrogen-bond acceptors (Lipinski definition) is 2. The maximum Gasteiger partial charge on any atom is 0.223 e. The van der Waals surface area contributed by atoms with Crippen molar-refractivity contribution in [2.24, 2.45) is 11.3 Å². The molecule has 2 N–H and O–H groups in total. The molecule has 1 aliphatic carbocycles. The fourth-order valence-corrected chi connectivity index (χ4v) is 2.53. The van der Waals surface area contributed by atoms with E-state index in [2.05, 4.69) is 35.1 Å². The standard InChI is InChI=1S/C15H20BrNO2/c1-9(17-14(19)12-8-15(12,2)3)13(18)10-4-6-11(16)7-5-10/h4-7,9,12-13,18H,8H2,1-3H3,(H,17,19)/t9?,12-,13?/m1/s1. The summed E-state index contributed by atoms with van der Waals surface area (Å²) in [5.74, 6) is 0.140. The minimum Gasteiger partial charge on any atom is -0.386 e. The number of halogens is 1. The van der Waals surface area contributed by atoms with Crippen molar-refractivity contribution in [1.29, 1.82) is 0 Å². The van der Waals surface area contributed by atoms with Crippen LogP contribution >= 0.6 is 15.9 Å². The molecule has 104 valence electrons. The Morgan fingerprint density at radius 1 is 1.42 bits per heavy atom. The van der Waals surface area contributed by atoms with Gasteiger partial charge in [0.15, 0.2) is 0 Å². The number of benzene rings is 1. The highest BCUT2D eigenvalue weighted by Gasteiger charge is 2.50. The van der Waals surface area contributed by atoms with E-state index in [9.17, 15) is 9.90 Å². The van der Waals surface area contributed by atoms with Crippen molar-refractivity contribution in [2.75, 3.05) is 0 Å². The van der Waals surface area contributed by atoms with Crippen molar-refractivity contribution in [3.63, 3.8) is 0 Å². The van der Waals surface area contributed by atoms with Gasteiger partial charge in [0.25, 0.3) is 0 Å². The molecule has 0 saturated heterocycles.